The number of phosphoric ester groups is 1. The molecule has 0 saturated carbocycles. The Labute approximate surface area is 110 Å². The Kier molecular flexibility index (Phi) is 3.62. The molecule has 7 nitrogen and oxygen atoms in total. The molecular formula is C11H14NO6P. The van der Waals surface area contributed by atoms with Crippen molar-refractivity contribution in [1.82, 2.24) is 0 Å². The van der Waals surface area contributed by atoms with Crippen molar-refractivity contribution in [2.45, 2.75) is 13.8 Å². The van der Waals surface area contributed by atoms with Crippen molar-refractivity contribution in [2.24, 2.45) is 5.41 Å². The number of non-ortho nitro benzene ring substituents is 1. The van der Waals surface area contributed by atoms with Gasteiger partial charge >= 0.3 is 7.82 Å². The van der Waals surface area contributed by atoms with Crippen LogP contribution in [0.2, 0.25) is 0 Å². The van der Waals surface area contributed by atoms with Gasteiger partial charge in [0.25, 0.3) is 5.69 Å². The molecule has 1 aromatic rings. The Morgan fingerprint density at radius 1 is 1.26 bits per heavy atom. The minimum Gasteiger partial charge on any atom is -0.404 e. The number of rotatable bonds is 3. The maximum atomic E-state index is 12.1. The zero-order valence-electron chi connectivity index (χ0n) is 10.6. The molecule has 1 aromatic carbocycles. The van der Waals surface area contributed by atoms with Crippen LogP contribution in [-0.2, 0) is 13.6 Å². The summed E-state index contributed by atoms with van der Waals surface area (Å²) in [6, 6.07) is 5.22. The lowest BCUT2D eigenvalue weighted by molar-refractivity contribution is -0.384. The van der Waals surface area contributed by atoms with E-state index in [0.29, 0.717) is 0 Å². The molecule has 8 heteroatoms. The zero-order valence-corrected chi connectivity index (χ0v) is 11.5. The quantitative estimate of drug-likeness (QED) is 0.482. The topological polar surface area (TPSA) is 87.9 Å². The standard InChI is InChI=1S/C11H14NO6P/c1-11(2)7-16-19(15,17-8-11)18-10-5-3-9(4-6-10)12(13)14/h3-6H,7-8H2,1-2H3. The van der Waals surface area contributed by atoms with Gasteiger partial charge in [-0.2, -0.15) is 0 Å². The minimum atomic E-state index is -3.62. The van der Waals surface area contributed by atoms with E-state index in [4.69, 9.17) is 13.6 Å². The van der Waals surface area contributed by atoms with E-state index in [0.717, 1.165) is 0 Å². The first-order valence-electron chi connectivity index (χ1n) is 5.63. The first kappa shape index (κ1) is 14.0. The molecule has 2 rings (SSSR count). The molecule has 1 saturated heterocycles. The summed E-state index contributed by atoms with van der Waals surface area (Å²) >= 11 is 0. The molecule has 1 aliphatic heterocycles. The summed E-state index contributed by atoms with van der Waals surface area (Å²) in [5.41, 5.74) is -0.288. The van der Waals surface area contributed by atoms with E-state index in [1.165, 1.54) is 24.3 Å². The molecule has 0 amide bonds. The van der Waals surface area contributed by atoms with Crippen LogP contribution >= 0.6 is 7.82 Å². The van der Waals surface area contributed by atoms with Crippen molar-refractivity contribution in [3.05, 3.63) is 34.4 Å². The van der Waals surface area contributed by atoms with Crippen LogP contribution in [0.1, 0.15) is 13.8 Å². The molecule has 19 heavy (non-hydrogen) atoms. The number of nitro groups is 1. The van der Waals surface area contributed by atoms with Gasteiger partial charge in [0.2, 0.25) is 0 Å². The van der Waals surface area contributed by atoms with E-state index in [-0.39, 0.29) is 30.1 Å². The summed E-state index contributed by atoms with van der Waals surface area (Å²) in [4.78, 5) is 9.97. The molecule has 0 unspecified atom stereocenters. The van der Waals surface area contributed by atoms with Crippen molar-refractivity contribution in [1.29, 1.82) is 0 Å². The number of phosphoric acid groups is 1. The third kappa shape index (κ3) is 3.53. The van der Waals surface area contributed by atoms with Crippen LogP contribution in [0.5, 0.6) is 5.75 Å². The predicted molar refractivity (Wildman–Crippen MR) is 67.0 cm³/mol. The molecule has 0 aliphatic carbocycles. The molecule has 0 radical (unpaired) electrons. The van der Waals surface area contributed by atoms with Gasteiger partial charge in [0.05, 0.1) is 18.1 Å². The average Bonchev–Trinajstić information content (AvgIpc) is 2.34. The van der Waals surface area contributed by atoms with Crippen LogP contribution in [0.25, 0.3) is 0 Å². The van der Waals surface area contributed by atoms with Crippen molar-refractivity contribution < 1.29 is 23.1 Å². The van der Waals surface area contributed by atoms with Crippen molar-refractivity contribution in [2.75, 3.05) is 13.2 Å². The molecule has 1 fully saturated rings. The Morgan fingerprint density at radius 2 is 1.79 bits per heavy atom. The highest BCUT2D eigenvalue weighted by Gasteiger charge is 2.39. The molecule has 0 aromatic heterocycles. The molecule has 0 spiro atoms. The summed E-state index contributed by atoms with van der Waals surface area (Å²) < 4.78 is 27.5. The summed E-state index contributed by atoms with van der Waals surface area (Å²) in [5, 5.41) is 10.5. The second-order valence-corrected chi connectivity index (χ2v) is 6.59. The zero-order chi connectivity index (χ0) is 14.1. The molecule has 1 aliphatic rings. The lowest BCUT2D eigenvalue weighted by Gasteiger charge is -2.32. The van der Waals surface area contributed by atoms with Gasteiger partial charge in [-0.15, -0.1) is 0 Å². The fourth-order valence-electron chi connectivity index (χ4n) is 1.40. The largest absolute Gasteiger partial charge is 0.530 e. The van der Waals surface area contributed by atoms with Gasteiger partial charge < -0.3 is 4.52 Å². The minimum absolute atomic E-state index is 0.0720. The molecule has 104 valence electrons. The molecule has 1 heterocycles. The molecule has 0 bridgehead atoms. The van der Waals surface area contributed by atoms with Crippen molar-refractivity contribution in [3.8, 4) is 5.75 Å². The fraction of sp³-hybridized carbons (Fsp3) is 0.455. The van der Waals surface area contributed by atoms with Gasteiger partial charge in [-0.25, -0.2) is 4.57 Å². The first-order chi connectivity index (χ1) is 8.80. The summed E-state index contributed by atoms with van der Waals surface area (Å²) in [6.45, 7) is 4.36. The SMILES string of the molecule is CC1(C)COP(=O)(Oc2ccc([N+](=O)[O-])cc2)OC1. The third-order valence-corrected chi connectivity index (χ3v) is 3.82. The highest BCUT2D eigenvalue weighted by atomic mass is 31.2. The van der Waals surface area contributed by atoms with E-state index < -0.39 is 12.7 Å². The summed E-state index contributed by atoms with van der Waals surface area (Å²) in [6.07, 6.45) is 0. The van der Waals surface area contributed by atoms with E-state index >= 15 is 0 Å². The molecule has 0 N–H and O–H groups in total. The molecule has 0 atom stereocenters. The lowest BCUT2D eigenvalue weighted by atomic mass is 9.97. The Hall–Kier alpha value is -1.43. The van der Waals surface area contributed by atoms with E-state index in [9.17, 15) is 14.7 Å². The first-order valence-corrected chi connectivity index (χ1v) is 7.09. The van der Waals surface area contributed by atoms with E-state index in [2.05, 4.69) is 0 Å². The molecular weight excluding hydrogens is 273 g/mol. The Morgan fingerprint density at radius 3 is 2.26 bits per heavy atom. The van der Waals surface area contributed by atoms with Crippen molar-refractivity contribution >= 4 is 13.5 Å². The van der Waals surface area contributed by atoms with Gasteiger partial charge in [-0.05, 0) is 12.1 Å². The van der Waals surface area contributed by atoms with E-state index in [1.54, 1.807) is 0 Å². The Bertz CT molecular complexity index is 512. The monoisotopic (exact) mass is 287 g/mol. The van der Waals surface area contributed by atoms with Crippen LogP contribution in [0.15, 0.2) is 24.3 Å². The highest BCUT2D eigenvalue weighted by molar-refractivity contribution is 7.49. The number of benzene rings is 1. The Balaban J connectivity index is 2.05. The summed E-state index contributed by atoms with van der Waals surface area (Å²) in [7, 11) is -3.62. The van der Waals surface area contributed by atoms with Crippen LogP contribution in [0, 0.1) is 15.5 Å². The van der Waals surface area contributed by atoms with Crippen LogP contribution < -0.4 is 4.52 Å². The predicted octanol–water partition coefficient (Wildman–Crippen LogP) is 3.15. The van der Waals surface area contributed by atoms with Gasteiger partial charge in [0.15, 0.2) is 0 Å². The maximum absolute atomic E-state index is 12.1. The van der Waals surface area contributed by atoms with Gasteiger partial charge in [-0.3, -0.25) is 19.2 Å². The number of hydrogen-bond acceptors (Lipinski definition) is 6. The van der Waals surface area contributed by atoms with E-state index in [1.807, 2.05) is 13.8 Å². The van der Waals surface area contributed by atoms with Gasteiger partial charge in [-0.1, -0.05) is 13.8 Å². The van der Waals surface area contributed by atoms with Gasteiger partial charge in [0, 0.05) is 17.5 Å². The lowest BCUT2D eigenvalue weighted by Crippen LogP contribution is -2.30. The van der Waals surface area contributed by atoms with Gasteiger partial charge in [0.1, 0.15) is 5.75 Å². The number of nitro benzene ring substituents is 1. The number of nitrogens with zero attached hydrogens (tertiary/aromatic N) is 1. The summed E-state index contributed by atoms with van der Waals surface area (Å²) in [5.74, 6) is 0.202. The fourth-order valence-corrected chi connectivity index (χ4v) is 2.97. The number of hydrogen-bond donors (Lipinski definition) is 0. The smallest absolute Gasteiger partial charge is 0.404 e. The highest BCUT2D eigenvalue weighted by Crippen LogP contribution is 2.54. The second kappa shape index (κ2) is 4.92. The van der Waals surface area contributed by atoms with Crippen LogP contribution in [-0.4, -0.2) is 18.1 Å². The average molecular weight is 287 g/mol. The van der Waals surface area contributed by atoms with Crippen molar-refractivity contribution in [3.63, 3.8) is 0 Å². The normalized spacial score (nSPS) is 20.7. The van der Waals surface area contributed by atoms with Crippen LogP contribution in [0.3, 0.4) is 0 Å². The maximum Gasteiger partial charge on any atom is 0.530 e. The third-order valence-electron chi connectivity index (χ3n) is 2.49. The van der Waals surface area contributed by atoms with Crippen LogP contribution in [0.4, 0.5) is 5.69 Å². The second-order valence-electron chi connectivity index (χ2n) is 5.00.